The van der Waals surface area contributed by atoms with Gasteiger partial charge in [0.15, 0.2) is 5.82 Å². The highest BCUT2D eigenvalue weighted by atomic mass is 16.5. The topological polar surface area (TPSA) is 111 Å². The summed E-state index contributed by atoms with van der Waals surface area (Å²) < 4.78 is 18.9. The number of ether oxygens (including phenoxy) is 2. The first kappa shape index (κ1) is 24.2. The normalized spacial score (nSPS) is 16.7. The van der Waals surface area contributed by atoms with Gasteiger partial charge < -0.3 is 18.9 Å². The average Bonchev–Trinajstić information content (AvgIpc) is 3.65. The van der Waals surface area contributed by atoms with Crippen molar-refractivity contribution in [1.29, 1.82) is 0 Å². The second-order valence-corrected chi connectivity index (χ2v) is 9.07. The van der Waals surface area contributed by atoms with Crippen molar-refractivity contribution in [3.63, 3.8) is 0 Å². The van der Waals surface area contributed by atoms with Crippen LogP contribution in [0.3, 0.4) is 0 Å². The molecule has 0 unspecified atom stereocenters. The molecule has 1 aromatic carbocycles. The Labute approximate surface area is 209 Å². The standard InChI is InChI=1S/C26H32N6O4/c1-3-24(25-28-29-30-32(25)17-22-8-6-12-36-22)31(16-21-7-5-11-35-21)15-19-13-18-14-20(34-4-2)9-10-23(18)27-26(19)33/h6,8-10,12-14,21,24H,3-5,7,11,15-17H2,1-2H3,(H,27,33)/t21-,24-/m0/s1. The maximum Gasteiger partial charge on any atom is 0.252 e. The van der Waals surface area contributed by atoms with E-state index in [1.807, 2.05) is 43.3 Å². The van der Waals surface area contributed by atoms with E-state index in [9.17, 15) is 4.79 Å². The van der Waals surface area contributed by atoms with Crippen LogP contribution in [0.5, 0.6) is 5.75 Å². The van der Waals surface area contributed by atoms with Crippen molar-refractivity contribution in [2.24, 2.45) is 0 Å². The number of fused-ring (bicyclic) bond motifs is 1. The van der Waals surface area contributed by atoms with Crippen LogP contribution in [0.4, 0.5) is 0 Å². The van der Waals surface area contributed by atoms with E-state index in [2.05, 4.69) is 32.3 Å². The van der Waals surface area contributed by atoms with Gasteiger partial charge >= 0.3 is 0 Å². The Morgan fingerprint density at radius 3 is 2.94 bits per heavy atom. The zero-order valence-corrected chi connectivity index (χ0v) is 20.7. The average molecular weight is 493 g/mol. The molecule has 10 heteroatoms. The highest BCUT2D eigenvalue weighted by Gasteiger charge is 2.29. The zero-order valence-electron chi connectivity index (χ0n) is 20.7. The van der Waals surface area contributed by atoms with Crippen LogP contribution in [0.25, 0.3) is 10.9 Å². The quantitative estimate of drug-likeness (QED) is 0.337. The van der Waals surface area contributed by atoms with Gasteiger partial charge in [-0.25, -0.2) is 4.68 Å². The summed E-state index contributed by atoms with van der Waals surface area (Å²) in [6, 6.07) is 11.3. The van der Waals surface area contributed by atoms with Crippen molar-refractivity contribution in [3.05, 3.63) is 70.2 Å². The molecule has 1 N–H and O–H groups in total. The molecule has 0 radical (unpaired) electrons. The van der Waals surface area contributed by atoms with E-state index < -0.39 is 0 Å². The van der Waals surface area contributed by atoms with Crippen LogP contribution in [0.15, 0.2) is 51.9 Å². The molecule has 0 saturated carbocycles. The van der Waals surface area contributed by atoms with Gasteiger partial charge in [0.05, 0.1) is 25.0 Å². The lowest BCUT2D eigenvalue weighted by Gasteiger charge is -2.32. The van der Waals surface area contributed by atoms with Crippen LogP contribution in [0.1, 0.15) is 56.3 Å². The minimum Gasteiger partial charge on any atom is -0.494 e. The summed E-state index contributed by atoms with van der Waals surface area (Å²) >= 11 is 0. The van der Waals surface area contributed by atoms with E-state index in [0.717, 1.165) is 54.1 Å². The first-order valence-corrected chi connectivity index (χ1v) is 12.6. The molecular formula is C26H32N6O4. The third kappa shape index (κ3) is 5.34. The molecule has 0 aliphatic carbocycles. The van der Waals surface area contributed by atoms with E-state index in [-0.39, 0.29) is 17.7 Å². The monoisotopic (exact) mass is 492 g/mol. The number of nitrogens with zero attached hydrogens (tertiary/aromatic N) is 5. The molecule has 3 aromatic heterocycles. The lowest BCUT2D eigenvalue weighted by Crippen LogP contribution is -2.37. The molecule has 190 valence electrons. The molecule has 1 saturated heterocycles. The van der Waals surface area contributed by atoms with Gasteiger partial charge in [0, 0.05) is 36.2 Å². The smallest absolute Gasteiger partial charge is 0.252 e. The molecule has 2 atom stereocenters. The van der Waals surface area contributed by atoms with Crippen LogP contribution in [0.2, 0.25) is 0 Å². The Morgan fingerprint density at radius 1 is 1.28 bits per heavy atom. The Morgan fingerprint density at radius 2 is 2.19 bits per heavy atom. The summed E-state index contributed by atoms with van der Waals surface area (Å²) in [5.41, 5.74) is 1.36. The van der Waals surface area contributed by atoms with E-state index in [0.29, 0.717) is 31.8 Å². The molecular weight excluding hydrogens is 460 g/mol. The number of aromatic nitrogens is 5. The number of hydrogen-bond donors (Lipinski definition) is 1. The molecule has 1 fully saturated rings. The van der Waals surface area contributed by atoms with Crippen LogP contribution in [-0.4, -0.2) is 56.0 Å². The van der Waals surface area contributed by atoms with Crippen LogP contribution < -0.4 is 10.3 Å². The maximum absolute atomic E-state index is 13.1. The number of benzene rings is 1. The lowest BCUT2D eigenvalue weighted by molar-refractivity contribution is 0.0488. The summed E-state index contributed by atoms with van der Waals surface area (Å²) in [6.07, 6.45) is 4.56. The summed E-state index contributed by atoms with van der Waals surface area (Å²) in [5.74, 6) is 2.30. The third-order valence-electron chi connectivity index (χ3n) is 6.61. The number of pyridine rings is 1. The van der Waals surface area contributed by atoms with Gasteiger partial charge in [-0.05, 0) is 73.0 Å². The Kier molecular flexibility index (Phi) is 7.43. The lowest BCUT2D eigenvalue weighted by atomic mass is 10.1. The van der Waals surface area contributed by atoms with Crippen LogP contribution in [-0.2, 0) is 17.8 Å². The van der Waals surface area contributed by atoms with Gasteiger partial charge in [-0.2, -0.15) is 0 Å². The fourth-order valence-corrected chi connectivity index (χ4v) is 4.89. The Hall–Kier alpha value is -3.50. The number of tetrazole rings is 1. The molecule has 4 heterocycles. The highest BCUT2D eigenvalue weighted by Crippen LogP contribution is 2.28. The SMILES string of the molecule is CCOc1ccc2[nH]c(=O)c(CN(C[C@@H]3CCCO3)[C@@H](CC)c3nnnn3Cc3ccco3)cc2c1. The highest BCUT2D eigenvalue weighted by molar-refractivity contribution is 5.80. The minimum absolute atomic E-state index is 0.103. The first-order valence-electron chi connectivity index (χ1n) is 12.6. The number of furan rings is 1. The third-order valence-corrected chi connectivity index (χ3v) is 6.61. The largest absolute Gasteiger partial charge is 0.494 e. The molecule has 0 bridgehead atoms. The number of hydrogen-bond acceptors (Lipinski definition) is 8. The van der Waals surface area contributed by atoms with Crippen molar-refractivity contribution in [2.45, 2.75) is 58.3 Å². The van der Waals surface area contributed by atoms with E-state index in [4.69, 9.17) is 13.9 Å². The maximum atomic E-state index is 13.1. The summed E-state index contributed by atoms with van der Waals surface area (Å²) in [4.78, 5) is 18.4. The van der Waals surface area contributed by atoms with Gasteiger partial charge in [-0.15, -0.1) is 5.10 Å². The number of nitrogens with one attached hydrogen (secondary N) is 1. The zero-order chi connectivity index (χ0) is 24.9. The van der Waals surface area contributed by atoms with E-state index in [1.54, 1.807) is 10.9 Å². The van der Waals surface area contributed by atoms with Gasteiger partial charge in [0.2, 0.25) is 0 Å². The van der Waals surface area contributed by atoms with Gasteiger partial charge in [-0.1, -0.05) is 6.92 Å². The second-order valence-electron chi connectivity index (χ2n) is 9.07. The molecule has 4 aromatic rings. The van der Waals surface area contributed by atoms with Crippen molar-refractivity contribution in [3.8, 4) is 5.75 Å². The summed E-state index contributed by atoms with van der Waals surface area (Å²) in [5, 5.41) is 13.5. The first-order chi connectivity index (χ1) is 17.6. The van der Waals surface area contributed by atoms with E-state index >= 15 is 0 Å². The summed E-state index contributed by atoms with van der Waals surface area (Å²) in [6.45, 7) is 6.98. The molecule has 0 spiro atoms. The second kappa shape index (κ2) is 11.0. The van der Waals surface area contributed by atoms with Crippen molar-refractivity contribution < 1.29 is 13.9 Å². The Bertz CT molecular complexity index is 1330. The fraction of sp³-hybridized carbons (Fsp3) is 0.462. The van der Waals surface area contributed by atoms with Crippen molar-refractivity contribution in [1.82, 2.24) is 30.1 Å². The van der Waals surface area contributed by atoms with Gasteiger partial charge in [0.1, 0.15) is 18.1 Å². The van der Waals surface area contributed by atoms with Crippen LogP contribution in [0, 0.1) is 0 Å². The van der Waals surface area contributed by atoms with Gasteiger partial charge in [0.25, 0.3) is 5.56 Å². The molecule has 1 aliphatic rings. The molecule has 10 nitrogen and oxygen atoms in total. The van der Waals surface area contributed by atoms with Crippen LogP contribution >= 0.6 is 0 Å². The van der Waals surface area contributed by atoms with Gasteiger partial charge in [-0.3, -0.25) is 9.69 Å². The predicted molar refractivity (Wildman–Crippen MR) is 134 cm³/mol. The minimum atomic E-state index is -0.107. The van der Waals surface area contributed by atoms with E-state index in [1.165, 1.54) is 0 Å². The number of rotatable bonds is 11. The number of aromatic amines is 1. The molecule has 5 rings (SSSR count). The molecule has 1 aliphatic heterocycles. The Balaban J connectivity index is 1.47. The summed E-state index contributed by atoms with van der Waals surface area (Å²) in [7, 11) is 0. The van der Waals surface area contributed by atoms with Crippen molar-refractivity contribution in [2.75, 3.05) is 19.8 Å². The number of H-pyrrole nitrogens is 1. The predicted octanol–water partition coefficient (Wildman–Crippen LogP) is 3.69. The molecule has 36 heavy (non-hydrogen) atoms. The fourth-order valence-electron chi connectivity index (χ4n) is 4.89. The van der Waals surface area contributed by atoms with Crippen molar-refractivity contribution >= 4 is 10.9 Å². The molecule has 0 amide bonds.